The van der Waals surface area contributed by atoms with Crippen LogP contribution in [0.5, 0.6) is 0 Å². The first-order valence-corrected chi connectivity index (χ1v) is 14.0. The second-order valence-corrected chi connectivity index (χ2v) is 12.1. The molecule has 0 bridgehead atoms. The molecule has 208 valence electrons. The Morgan fingerprint density at radius 1 is 1.03 bits per heavy atom. The van der Waals surface area contributed by atoms with Crippen molar-refractivity contribution in [3.05, 3.63) is 35.4 Å². The van der Waals surface area contributed by atoms with Crippen LogP contribution in [0.2, 0.25) is 0 Å². The molecule has 3 aliphatic rings. The van der Waals surface area contributed by atoms with E-state index in [1.54, 1.807) is 12.1 Å². The van der Waals surface area contributed by atoms with Crippen molar-refractivity contribution >= 4 is 5.91 Å². The molecular formula is C29H43F3N2O3. The number of benzene rings is 1. The number of carbonyl (C=O) groups excluding carboxylic acids is 1. The van der Waals surface area contributed by atoms with Gasteiger partial charge in [-0.25, -0.2) is 0 Å². The first-order chi connectivity index (χ1) is 17.5. The monoisotopic (exact) mass is 524 g/mol. The number of halogens is 3. The molecule has 1 aliphatic carbocycles. The van der Waals surface area contributed by atoms with Crippen LogP contribution in [-0.4, -0.2) is 65.8 Å². The summed E-state index contributed by atoms with van der Waals surface area (Å²) in [5.41, 5.74) is -0.717. The fraction of sp³-hybridized carbons (Fsp3) is 0.759. The molecule has 2 heterocycles. The second kappa shape index (κ2) is 12.0. The van der Waals surface area contributed by atoms with Crippen molar-refractivity contribution in [2.45, 2.75) is 90.1 Å². The number of hydrogen-bond acceptors (Lipinski definition) is 4. The van der Waals surface area contributed by atoms with Crippen LogP contribution in [-0.2, 0) is 22.3 Å². The Kier molecular flexibility index (Phi) is 9.23. The molecule has 0 aromatic heterocycles. The van der Waals surface area contributed by atoms with E-state index in [1.165, 1.54) is 6.07 Å². The Balaban J connectivity index is 1.50. The molecule has 2 aliphatic heterocycles. The van der Waals surface area contributed by atoms with Gasteiger partial charge in [0.2, 0.25) is 5.91 Å². The maximum absolute atomic E-state index is 13.7. The van der Waals surface area contributed by atoms with Crippen molar-refractivity contribution in [2.24, 2.45) is 17.3 Å². The highest BCUT2D eigenvalue weighted by Crippen LogP contribution is 2.36. The van der Waals surface area contributed by atoms with Crippen molar-refractivity contribution in [1.29, 1.82) is 0 Å². The lowest BCUT2D eigenvalue weighted by molar-refractivity contribution is -0.140. The van der Waals surface area contributed by atoms with Gasteiger partial charge >= 0.3 is 6.18 Å². The summed E-state index contributed by atoms with van der Waals surface area (Å²) < 4.78 is 46.6. The fourth-order valence-electron chi connectivity index (χ4n) is 6.40. The highest BCUT2D eigenvalue weighted by atomic mass is 19.4. The number of rotatable bonds is 3. The van der Waals surface area contributed by atoms with Gasteiger partial charge in [-0.3, -0.25) is 9.69 Å². The Labute approximate surface area is 219 Å². The van der Waals surface area contributed by atoms with Crippen LogP contribution in [0.15, 0.2) is 24.3 Å². The van der Waals surface area contributed by atoms with Crippen molar-refractivity contribution in [2.75, 3.05) is 32.8 Å². The minimum atomic E-state index is -4.37. The van der Waals surface area contributed by atoms with E-state index in [0.29, 0.717) is 44.8 Å². The highest BCUT2D eigenvalue weighted by molar-refractivity contribution is 5.77. The number of nitrogens with zero attached hydrogens (tertiary/aromatic N) is 2. The average Bonchev–Trinajstić information content (AvgIpc) is 3.37. The fourth-order valence-corrected chi connectivity index (χ4v) is 6.40. The third kappa shape index (κ3) is 7.27. The number of hydrogen-bond donors (Lipinski definition) is 1. The third-order valence-electron chi connectivity index (χ3n) is 8.82. The summed E-state index contributed by atoms with van der Waals surface area (Å²) in [5.74, 6) is 0.535. The number of likely N-dealkylation sites (tertiary alicyclic amines) is 1. The van der Waals surface area contributed by atoms with Crippen molar-refractivity contribution in [1.82, 2.24) is 9.80 Å². The predicted molar refractivity (Wildman–Crippen MR) is 137 cm³/mol. The average molecular weight is 525 g/mol. The quantitative estimate of drug-likeness (QED) is 0.567. The number of aliphatic hydroxyl groups excluding tert-OH is 1. The molecule has 1 amide bonds. The molecule has 1 aromatic carbocycles. The summed E-state index contributed by atoms with van der Waals surface area (Å²) >= 11 is 0. The molecule has 0 spiro atoms. The molecular weight excluding hydrogens is 481 g/mol. The lowest BCUT2D eigenvalue weighted by atomic mass is 9.80. The first kappa shape index (κ1) is 28.4. The van der Waals surface area contributed by atoms with E-state index in [9.17, 15) is 23.1 Å². The zero-order chi connectivity index (χ0) is 26.6. The number of fused-ring (bicyclic) bond motifs is 1. The Morgan fingerprint density at radius 2 is 1.76 bits per heavy atom. The van der Waals surface area contributed by atoms with Gasteiger partial charge in [0.1, 0.15) is 0 Å². The van der Waals surface area contributed by atoms with Crippen LogP contribution in [0.1, 0.15) is 76.3 Å². The number of aliphatic hydroxyl groups is 1. The number of alkyl halides is 3. The van der Waals surface area contributed by atoms with Gasteiger partial charge in [0, 0.05) is 44.1 Å². The van der Waals surface area contributed by atoms with Gasteiger partial charge in [0.05, 0.1) is 18.3 Å². The summed E-state index contributed by atoms with van der Waals surface area (Å²) in [4.78, 5) is 17.8. The van der Waals surface area contributed by atoms with E-state index in [4.69, 9.17) is 4.74 Å². The van der Waals surface area contributed by atoms with Gasteiger partial charge < -0.3 is 14.7 Å². The molecule has 8 heteroatoms. The molecule has 0 unspecified atom stereocenters. The molecule has 5 nitrogen and oxygen atoms in total. The lowest BCUT2D eigenvalue weighted by Gasteiger charge is -2.41. The summed E-state index contributed by atoms with van der Waals surface area (Å²) in [6.45, 7) is 6.94. The maximum Gasteiger partial charge on any atom is 0.416 e. The molecule has 37 heavy (non-hydrogen) atoms. The SMILES string of the molecule is CC1(C)COCCC[C@H]2CN(Cc3ccccc3C(F)(F)F)CC[C@H]2CC(=O)N(C2CCCC2)C[C@@H]1O. The minimum absolute atomic E-state index is 0.118. The van der Waals surface area contributed by atoms with E-state index < -0.39 is 23.3 Å². The summed E-state index contributed by atoms with van der Waals surface area (Å²) in [7, 11) is 0. The van der Waals surface area contributed by atoms with Crippen LogP contribution < -0.4 is 0 Å². The molecule has 1 N–H and O–H groups in total. The van der Waals surface area contributed by atoms with Crippen molar-refractivity contribution in [3.63, 3.8) is 0 Å². The second-order valence-electron chi connectivity index (χ2n) is 12.1. The molecule has 3 fully saturated rings. The predicted octanol–water partition coefficient (Wildman–Crippen LogP) is 5.50. The van der Waals surface area contributed by atoms with Gasteiger partial charge in [0.25, 0.3) is 0 Å². The van der Waals surface area contributed by atoms with E-state index in [-0.39, 0.29) is 30.3 Å². The Bertz CT molecular complexity index is 901. The van der Waals surface area contributed by atoms with Crippen LogP contribution in [0.4, 0.5) is 13.2 Å². The van der Waals surface area contributed by atoms with E-state index >= 15 is 0 Å². The van der Waals surface area contributed by atoms with Crippen LogP contribution in [0, 0.1) is 17.3 Å². The van der Waals surface area contributed by atoms with Crippen LogP contribution in [0.25, 0.3) is 0 Å². The zero-order valence-electron chi connectivity index (χ0n) is 22.3. The number of carbonyl (C=O) groups is 1. The molecule has 0 radical (unpaired) electrons. The minimum Gasteiger partial charge on any atom is -0.391 e. The van der Waals surface area contributed by atoms with Gasteiger partial charge in [-0.05, 0) is 62.1 Å². The topological polar surface area (TPSA) is 53.0 Å². The van der Waals surface area contributed by atoms with E-state index in [0.717, 1.165) is 51.0 Å². The molecule has 3 atom stereocenters. The Hall–Kier alpha value is -1.64. The number of ether oxygens (including phenoxy) is 1. The van der Waals surface area contributed by atoms with Gasteiger partial charge in [-0.2, -0.15) is 13.2 Å². The van der Waals surface area contributed by atoms with Gasteiger partial charge in [-0.1, -0.05) is 44.9 Å². The van der Waals surface area contributed by atoms with E-state index in [1.807, 2.05) is 18.7 Å². The standard InChI is InChI=1S/C29H43F3N2O3/c1-28(2)20-37-15-7-9-22-17-33(18-23-8-3-6-12-25(23)29(30,31)32)14-13-21(22)16-27(36)34(19-26(28)35)24-10-4-5-11-24/h3,6,8,12,21-22,24,26,35H,4-5,7,9-11,13-20H2,1-2H3/t21-,22-,26-/m0/s1. The van der Waals surface area contributed by atoms with Crippen molar-refractivity contribution in [3.8, 4) is 0 Å². The maximum atomic E-state index is 13.7. The first-order valence-electron chi connectivity index (χ1n) is 14.0. The normalized spacial score (nSPS) is 29.3. The molecule has 4 rings (SSSR count). The van der Waals surface area contributed by atoms with Crippen LogP contribution >= 0.6 is 0 Å². The number of piperidine rings is 1. The Morgan fingerprint density at radius 3 is 2.49 bits per heavy atom. The van der Waals surface area contributed by atoms with Crippen molar-refractivity contribution < 1.29 is 27.8 Å². The lowest BCUT2D eigenvalue weighted by Crippen LogP contribution is -2.49. The largest absolute Gasteiger partial charge is 0.416 e. The summed E-state index contributed by atoms with van der Waals surface area (Å²) in [6.07, 6.45) is 2.10. The molecule has 2 saturated heterocycles. The van der Waals surface area contributed by atoms with Crippen LogP contribution in [0.3, 0.4) is 0 Å². The summed E-state index contributed by atoms with van der Waals surface area (Å²) in [6, 6.07) is 6.02. The van der Waals surface area contributed by atoms with Gasteiger partial charge in [0.15, 0.2) is 0 Å². The smallest absolute Gasteiger partial charge is 0.391 e. The number of β-amino-alcohol motifs (C(OH)–C–C–N with tert-alkyl or cyclic N) is 1. The zero-order valence-corrected chi connectivity index (χ0v) is 22.3. The number of amides is 1. The highest BCUT2D eigenvalue weighted by Gasteiger charge is 2.38. The van der Waals surface area contributed by atoms with Gasteiger partial charge in [-0.15, -0.1) is 0 Å². The third-order valence-corrected chi connectivity index (χ3v) is 8.82. The summed E-state index contributed by atoms with van der Waals surface area (Å²) in [5, 5.41) is 11.1. The molecule has 1 saturated carbocycles. The van der Waals surface area contributed by atoms with E-state index in [2.05, 4.69) is 4.90 Å². The molecule has 1 aromatic rings.